The van der Waals surface area contributed by atoms with Crippen molar-refractivity contribution >= 4 is 11.9 Å². The normalized spacial score (nSPS) is 12.1. The Morgan fingerprint density at radius 1 is 1.60 bits per heavy atom. The zero-order valence-electron chi connectivity index (χ0n) is 8.44. The molecular formula is C8H12N4O3. The molecule has 0 spiro atoms. The number of amides is 1. The Bertz CT molecular complexity index is 374. The number of aromatic amines is 1. The van der Waals surface area contributed by atoms with Gasteiger partial charge in [-0.25, -0.2) is 4.98 Å². The summed E-state index contributed by atoms with van der Waals surface area (Å²) in [6.07, 6.45) is 0.634. The van der Waals surface area contributed by atoms with E-state index in [0.717, 1.165) is 0 Å². The number of carbonyl (C=O) groups excluding carboxylic acids is 1. The van der Waals surface area contributed by atoms with E-state index in [2.05, 4.69) is 20.5 Å². The Balaban J connectivity index is 2.65. The van der Waals surface area contributed by atoms with Gasteiger partial charge >= 0.3 is 5.97 Å². The molecule has 1 aromatic heterocycles. The molecule has 7 heteroatoms. The van der Waals surface area contributed by atoms with Gasteiger partial charge in [-0.1, -0.05) is 6.92 Å². The summed E-state index contributed by atoms with van der Waals surface area (Å²) in [6.45, 7) is 3.23. The largest absolute Gasteiger partial charge is 0.480 e. The summed E-state index contributed by atoms with van der Waals surface area (Å²) in [7, 11) is 0. The first-order valence-electron chi connectivity index (χ1n) is 4.49. The molecule has 7 nitrogen and oxygen atoms in total. The van der Waals surface area contributed by atoms with Crippen LogP contribution in [0.3, 0.4) is 0 Å². The molecule has 0 saturated heterocycles. The number of aromatic nitrogens is 3. The molecule has 1 rings (SSSR count). The van der Waals surface area contributed by atoms with Gasteiger partial charge < -0.3 is 10.4 Å². The summed E-state index contributed by atoms with van der Waals surface area (Å²) in [4.78, 5) is 25.7. The number of H-pyrrole nitrogens is 1. The van der Waals surface area contributed by atoms with E-state index < -0.39 is 17.9 Å². The Kier molecular flexibility index (Phi) is 3.37. The van der Waals surface area contributed by atoms with Crippen LogP contribution in [0.1, 0.15) is 30.3 Å². The summed E-state index contributed by atoms with van der Waals surface area (Å²) in [6, 6.07) is -0.957. The Hall–Kier alpha value is -1.92. The fourth-order valence-corrected chi connectivity index (χ4v) is 0.878. The quantitative estimate of drug-likeness (QED) is 0.627. The number of hydrogen-bond acceptors (Lipinski definition) is 4. The molecule has 0 fully saturated rings. The minimum Gasteiger partial charge on any atom is -0.480 e. The summed E-state index contributed by atoms with van der Waals surface area (Å²) < 4.78 is 0. The smallest absolute Gasteiger partial charge is 0.325 e. The van der Waals surface area contributed by atoms with Crippen molar-refractivity contribution < 1.29 is 14.7 Å². The molecule has 3 N–H and O–H groups in total. The molecule has 0 aromatic carbocycles. The third kappa shape index (κ3) is 2.76. The average molecular weight is 212 g/mol. The zero-order valence-corrected chi connectivity index (χ0v) is 8.44. The van der Waals surface area contributed by atoms with Gasteiger partial charge in [-0.3, -0.25) is 14.7 Å². The molecule has 0 radical (unpaired) electrons. The van der Waals surface area contributed by atoms with Crippen LogP contribution >= 0.6 is 0 Å². The highest BCUT2D eigenvalue weighted by atomic mass is 16.4. The maximum absolute atomic E-state index is 11.4. The van der Waals surface area contributed by atoms with E-state index in [-0.39, 0.29) is 5.82 Å². The number of nitrogens with one attached hydrogen (secondary N) is 2. The lowest BCUT2D eigenvalue weighted by Crippen LogP contribution is -2.38. The van der Waals surface area contributed by atoms with Crippen molar-refractivity contribution in [3.8, 4) is 0 Å². The number of carboxylic acids is 1. The summed E-state index contributed by atoms with van der Waals surface area (Å²) in [5.41, 5.74) is 0. The Morgan fingerprint density at radius 3 is 2.73 bits per heavy atom. The van der Waals surface area contributed by atoms with Crippen LogP contribution in [0, 0.1) is 0 Å². The highest BCUT2D eigenvalue weighted by Gasteiger charge is 2.18. The SMILES string of the molecule is CCc1nc(C(=O)N[C@@H](C)C(=O)O)n[nH]1. The van der Waals surface area contributed by atoms with Gasteiger partial charge in [0.15, 0.2) is 0 Å². The first-order valence-corrected chi connectivity index (χ1v) is 4.49. The maximum atomic E-state index is 11.4. The van der Waals surface area contributed by atoms with Gasteiger partial charge in [-0.2, -0.15) is 0 Å². The number of aryl methyl sites for hydroxylation is 1. The Labute approximate surface area is 85.9 Å². The van der Waals surface area contributed by atoms with Crippen molar-refractivity contribution in [2.45, 2.75) is 26.3 Å². The van der Waals surface area contributed by atoms with Gasteiger partial charge in [0.1, 0.15) is 11.9 Å². The van der Waals surface area contributed by atoms with Crippen molar-refractivity contribution in [1.29, 1.82) is 0 Å². The van der Waals surface area contributed by atoms with Gasteiger partial charge in [-0.05, 0) is 6.92 Å². The molecule has 1 heterocycles. The molecule has 0 aliphatic heterocycles. The molecule has 15 heavy (non-hydrogen) atoms. The van der Waals surface area contributed by atoms with Crippen LogP contribution in [0.25, 0.3) is 0 Å². The first-order chi connectivity index (χ1) is 7.04. The fourth-order valence-electron chi connectivity index (χ4n) is 0.878. The number of nitrogens with zero attached hydrogens (tertiary/aromatic N) is 2. The standard InChI is InChI=1S/C8H12N4O3/c1-3-5-10-6(12-11-5)7(13)9-4(2)8(14)15/h4H,3H2,1-2H3,(H,9,13)(H,14,15)(H,10,11,12)/t4-/m0/s1. The van der Waals surface area contributed by atoms with Crippen molar-refractivity contribution in [2.24, 2.45) is 0 Å². The summed E-state index contributed by atoms with van der Waals surface area (Å²) >= 11 is 0. The second-order valence-electron chi connectivity index (χ2n) is 2.99. The number of carbonyl (C=O) groups is 2. The zero-order chi connectivity index (χ0) is 11.4. The molecule has 0 saturated carbocycles. The number of carboxylic acid groups (broad SMARTS) is 1. The van der Waals surface area contributed by atoms with Crippen LogP contribution in [-0.4, -0.2) is 38.2 Å². The van der Waals surface area contributed by atoms with Crippen LogP contribution < -0.4 is 5.32 Å². The highest BCUT2D eigenvalue weighted by molar-refractivity contribution is 5.93. The minimum absolute atomic E-state index is 0.0417. The topological polar surface area (TPSA) is 108 Å². The van der Waals surface area contributed by atoms with E-state index >= 15 is 0 Å². The van der Waals surface area contributed by atoms with Crippen molar-refractivity contribution in [3.63, 3.8) is 0 Å². The monoisotopic (exact) mass is 212 g/mol. The van der Waals surface area contributed by atoms with Crippen LogP contribution in [0.4, 0.5) is 0 Å². The van der Waals surface area contributed by atoms with Crippen LogP contribution in [0.2, 0.25) is 0 Å². The van der Waals surface area contributed by atoms with Gasteiger partial charge in [0.05, 0.1) is 0 Å². The first kappa shape index (κ1) is 11.2. The fraction of sp³-hybridized carbons (Fsp3) is 0.500. The van der Waals surface area contributed by atoms with Crippen molar-refractivity contribution in [3.05, 3.63) is 11.6 Å². The second-order valence-corrected chi connectivity index (χ2v) is 2.99. The highest BCUT2D eigenvalue weighted by Crippen LogP contribution is 1.94. The lowest BCUT2D eigenvalue weighted by molar-refractivity contribution is -0.138. The molecule has 0 aliphatic carbocycles. The van der Waals surface area contributed by atoms with Crippen molar-refractivity contribution in [1.82, 2.24) is 20.5 Å². The third-order valence-corrected chi connectivity index (χ3v) is 1.79. The van der Waals surface area contributed by atoms with E-state index in [1.165, 1.54) is 6.92 Å². The van der Waals surface area contributed by atoms with Gasteiger partial charge in [-0.15, -0.1) is 5.10 Å². The predicted octanol–water partition coefficient (Wildman–Crippen LogP) is -0.430. The van der Waals surface area contributed by atoms with E-state index in [1.807, 2.05) is 6.92 Å². The number of hydrogen-bond donors (Lipinski definition) is 3. The van der Waals surface area contributed by atoms with Crippen molar-refractivity contribution in [2.75, 3.05) is 0 Å². The van der Waals surface area contributed by atoms with E-state index in [4.69, 9.17) is 5.11 Å². The maximum Gasteiger partial charge on any atom is 0.325 e. The third-order valence-electron chi connectivity index (χ3n) is 1.79. The lowest BCUT2D eigenvalue weighted by Gasteiger charge is -2.05. The molecule has 82 valence electrons. The molecular weight excluding hydrogens is 200 g/mol. The molecule has 1 amide bonds. The number of aliphatic carboxylic acids is 1. The van der Waals surface area contributed by atoms with Crippen LogP contribution in [-0.2, 0) is 11.2 Å². The molecule has 0 bridgehead atoms. The minimum atomic E-state index is -1.10. The predicted molar refractivity (Wildman–Crippen MR) is 50.3 cm³/mol. The molecule has 1 atom stereocenters. The number of rotatable bonds is 4. The molecule has 1 aromatic rings. The van der Waals surface area contributed by atoms with Gasteiger partial charge in [0, 0.05) is 6.42 Å². The van der Waals surface area contributed by atoms with E-state index in [0.29, 0.717) is 12.2 Å². The molecule has 0 aliphatic rings. The molecule has 0 unspecified atom stereocenters. The average Bonchev–Trinajstić information content (AvgIpc) is 2.65. The summed E-state index contributed by atoms with van der Waals surface area (Å²) in [5.74, 6) is -1.15. The van der Waals surface area contributed by atoms with E-state index in [1.54, 1.807) is 0 Å². The Morgan fingerprint density at radius 2 is 2.27 bits per heavy atom. The van der Waals surface area contributed by atoms with Gasteiger partial charge in [0.2, 0.25) is 5.82 Å². The summed E-state index contributed by atoms with van der Waals surface area (Å²) in [5, 5.41) is 17.0. The van der Waals surface area contributed by atoms with E-state index in [9.17, 15) is 9.59 Å². The van der Waals surface area contributed by atoms with Crippen LogP contribution in [0.15, 0.2) is 0 Å². The lowest BCUT2D eigenvalue weighted by atomic mass is 10.3. The second kappa shape index (κ2) is 4.54. The van der Waals surface area contributed by atoms with Crippen LogP contribution in [0.5, 0.6) is 0 Å². The van der Waals surface area contributed by atoms with Gasteiger partial charge in [0.25, 0.3) is 5.91 Å².